The van der Waals surface area contributed by atoms with Gasteiger partial charge in [-0.25, -0.2) is 0 Å². The van der Waals surface area contributed by atoms with Crippen LogP contribution in [0.3, 0.4) is 0 Å². The number of thiophene rings is 2. The van der Waals surface area contributed by atoms with Crippen molar-refractivity contribution in [3.63, 3.8) is 0 Å². The van der Waals surface area contributed by atoms with Crippen LogP contribution >= 0.6 is 34.3 Å². The molecule has 0 unspecified atom stereocenters. The zero-order valence-corrected chi connectivity index (χ0v) is 13.9. The normalized spacial score (nSPS) is 15.8. The van der Waals surface area contributed by atoms with E-state index in [-0.39, 0.29) is 0 Å². The van der Waals surface area contributed by atoms with Crippen LogP contribution in [0.25, 0.3) is 11.1 Å². The number of halogens is 1. The second-order valence-corrected chi connectivity index (χ2v) is 7.77. The fraction of sp³-hybridized carbons (Fsp3) is 0.250. The lowest BCUT2D eigenvalue weighted by Gasteiger charge is -2.25. The van der Waals surface area contributed by atoms with E-state index in [1.54, 1.807) is 22.7 Å². The first-order valence-corrected chi connectivity index (χ1v) is 8.64. The first-order valence-electron chi connectivity index (χ1n) is 6.56. The first kappa shape index (κ1) is 13.9. The van der Waals surface area contributed by atoms with Gasteiger partial charge in [-0.05, 0) is 43.0 Å². The Hall–Kier alpha value is -1.03. The van der Waals surface area contributed by atoms with Gasteiger partial charge in [0.05, 0.1) is 4.34 Å². The summed E-state index contributed by atoms with van der Waals surface area (Å²) in [7, 11) is 0. The van der Waals surface area contributed by atoms with Crippen LogP contribution in [0.15, 0.2) is 41.9 Å². The summed E-state index contributed by atoms with van der Waals surface area (Å²) in [6.07, 6.45) is 0. The largest absolute Gasteiger partial charge is 0.365 e. The number of rotatable bonds is 3. The lowest BCUT2D eigenvalue weighted by atomic mass is 10.1. The van der Waals surface area contributed by atoms with Crippen molar-refractivity contribution in [1.29, 1.82) is 0 Å². The summed E-state index contributed by atoms with van der Waals surface area (Å²) >= 11 is 9.52. The average Bonchev–Trinajstić information content (AvgIpc) is 3.07. The number of hydrogen-bond acceptors (Lipinski definition) is 3. The minimum atomic E-state index is 0.449. The van der Waals surface area contributed by atoms with Gasteiger partial charge in [0.25, 0.3) is 0 Å². The van der Waals surface area contributed by atoms with Crippen LogP contribution in [0.4, 0.5) is 0 Å². The molecule has 2 aromatic rings. The molecule has 3 rings (SSSR count). The molecule has 3 heterocycles. The zero-order valence-electron chi connectivity index (χ0n) is 11.5. The lowest BCUT2D eigenvalue weighted by Crippen LogP contribution is -2.26. The Balaban J connectivity index is 2.12. The molecule has 1 aliphatic rings. The second kappa shape index (κ2) is 5.40. The Labute approximate surface area is 132 Å². The molecular weight excluding hydrogens is 306 g/mol. The van der Waals surface area contributed by atoms with Crippen LogP contribution in [0.2, 0.25) is 4.34 Å². The molecule has 2 aromatic heterocycles. The molecule has 1 aliphatic heterocycles. The van der Waals surface area contributed by atoms with Gasteiger partial charge in [0.1, 0.15) is 0 Å². The van der Waals surface area contributed by atoms with E-state index in [4.69, 9.17) is 11.6 Å². The van der Waals surface area contributed by atoms with Crippen LogP contribution in [0.1, 0.15) is 23.6 Å². The van der Waals surface area contributed by atoms with Gasteiger partial charge >= 0.3 is 0 Å². The highest BCUT2D eigenvalue weighted by molar-refractivity contribution is 7.17. The Morgan fingerprint density at radius 1 is 1.25 bits per heavy atom. The van der Waals surface area contributed by atoms with Gasteiger partial charge in [0, 0.05) is 33.6 Å². The summed E-state index contributed by atoms with van der Waals surface area (Å²) in [5, 5.41) is 2.12. The van der Waals surface area contributed by atoms with E-state index in [1.165, 1.54) is 20.9 Å². The Morgan fingerprint density at radius 2 is 2.05 bits per heavy atom. The van der Waals surface area contributed by atoms with E-state index in [9.17, 15) is 0 Å². The molecule has 0 amide bonds. The van der Waals surface area contributed by atoms with Crippen LogP contribution in [-0.4, -0.2) is 17.5 Å². The number of nitrogens with zero attached hydrogens (tertiary/aromatic N) is 1. The molecule has 0 radical (unpaired) electrons. The van der Waals surface area contributed by atoms with Crippen LogP contribution in [-0.2, 0) is 0 Å². The minimum absolute atomic E-state index is 0.449. The standard InChI is InChI=1S/C16H16ClNS2/c1-10(2)18-9-12(13-6-7-15(17)20-13)16(11(18)3)14-5-4-8-19-14/h4-8,10H,3,9H2,1-2H3. The van der Waals surface area contributed by atoms with Gasteiger partial charge in [-0.3, -0.25) is 0 Å². The van der Waals surface area contributed by atoms with Gasteiger partial charge < -0.3 is 4.90 Å². The maximum Gasteiger partial charge on any atom is 0.0934 e. The molecule has 0 N–H and O–H groups in total. The molecule has 0 atom stereocenters. The summed E-state index contributed by atoms with van der Waals surface area (Å²) in [4.78, 5) is 4.90. The van der Waals surface area contributed by atoms with Crippen LogP contribution in [0, 0.1) is 0 Å². The highest BCUT2D eigenvalue weighted by Crippen LogP contribution is 2.44. The van der Waals surface area contributed by atoms with Crippen molar-refractivity contribution in [3.8, 4) is 0 Å². The van der Waals surface area contributed by atoms with Crippen molar-refractivity contribution in [3.05, 3.63) is 56.0 Å². The molecule has 20 heavy (non-hydrogen) atoms. The van der Waals surface area contributed by atoms with Gasteiger partial charge in [-0.15, -0.1) is 22.7 Å². The molecule has 0 bridgehead atoms. The summed E-state index contributed by atoms with van der Waals surface area (Å²) in [5.74, 6) is 0. The SMILES string of the molecule is C=C1C(c2cccs2)=C(c2ccc(Cl)s2)CN1C(C)C. The van der Waals surface area contributed by atoms with E-state index in [2.05, 4.69) is 48.9 Å². The first-order chi connectivity index (χ1) is 9.58. The summed E-state index contributed by atoms with van der Waals surface area (Å²) < 4.78 is 0.839. The van der Waals surface area contributed by atoms with E-state index in [0.717, 1.165) is 16.6 Å². The molecule has 0 aromatic carbocycles. The van der Waals surface area contributed by atoms with Gasteiger partial charge in [-0.2, -0.15) is 0 Å². The Bertz CT molecular complexity index is 664. The molecule has 0 saturated heterocycles. The van der Waals surface area contributed by atoms with Gasteiger partial charge in [0.2, 0.25) is 0 Å². The van der Waals surface area contributed by atoms with Crippen molar-refractivity contribution >= 4 is 45.4 Å². The van der Waals surface area contributed by atoms with Crippen LogP contribution < -0.4 is 0 Å². The Morgan fingerprint density at radius 3 is 2.60 bits per heavy atom. The van der Waals surface area contributed by atoms with Crippen molar-refractivity contribution in [2.45, 2.75) is 19.9 Å². The smallest absolute Gasteiger partial charge is 0.0934 e. The monoisotopic (exact) mass is 321 g/mol. The maximum atomic E-state index is 6.11. The van der Waals surface area contributed by atoms with Crippen molar-refractivity contribution in [2.24, 2.45) is 0 Å². The van der Waals surface area contributed by atoms with Gasteiger partial charge in [0.15, 0.2) is 0 Å². The molecule has 1 nitrogen and oxygen atoms in total. The number of allylic oxidation sites excluding steroid dienone is 1. The summed E-state index contributed by atoms with van der Waals surface area (Å²) in [6, 6.07) is 8.81. The molecule has 104 valence electrons. The third kappa shape index (κ3) is 2.34. The molecule has 0 spiro atoms. The second-order valence-electron chi connectivity index (χ2n) is 5.10. The quantitative estimate of drug-likeness (QED) is 0.710. The molecule has 0 saturated carbocycles. The molecular formula is C16H16ClNS2. The number of hydrogen-bond donors (Lipinski definition) is 0. The fourth-order valence-corrected chi connectivity index (χ4v) is 4.45. The molecule has 0 fully saturated rings. The Kier molecular flexibility index (Phi) is 3.76. The van der Waals surface area contributed by atoms with E-state index < -0.39 is 0 Å². The highest BCUT2D eigenvalue weighted by Gasteiger charge is 2.29. The highest BCUT2D eigenvalue weighted by atomic mass is 35.5. The fourth-order valence-electron chi connectivity index (χ4n) is 2.55. The average molecular weight is 322 g/mol. The van der Waals surface area contributed by atoms with Gasteiger partial charge in [-0.1, -0.05) is 24.2 Å². The van der Waals surface area contributed by atoms with Crippen molar-refractivity contribution in [2.75, 3.05) is 6.54 Å². The predicted molar refractivity (Wildman–Crippen MR) is 91.4 cm³/mol. The van der Waals surface area contributed by atoms with Crippen molar-refractivity contribution < 1.29 is 0 Å². The third-order valence-corrected chi connectivity index (χ3v) is 5.71. The molecule has 4 heteroatoms. The topological polar surface area (TPSA) is 3.24 Å². The maximum absolute atomic E-state index is 6.11. The van der Waals surface area contributed by atoms with E-state index in [0.29, 0.717) is 6.04 Å². The minimum Gasteiger partial charge on any atom is -0.365 e. The van der Waals surface area contributed by atoms with Crippen molar-refractivity contribution in [1.82, 2.24) is 4.90 Å². The summed E-state index contributed by atoms with van der Waals surface area (Å²) in [5.41, 5.74) is 3.76. The predicted octanol–water partition coefficient (Wildman–Crippen LogP) is 5.61. The molecule has 0 aliphatic carbocycles. The van der Waals surface area contributed by atoms with Crippen LogP contribution in [0.5, 0.6) is 0 Å². The van der Waals surface area contributed by atoms with E-state index >= 15 is 0 Å². The zero-order chi connectivity index (χ0) is 14.3. The summed E-state index contributed by atoms with van der Waals surface area (Å²) in [6.45, 7) is 9.66. The van der Waals surface area contributed by atoms with E-state index in [1.807, 2.05) is 6.07 Å². The third-order valence-electron chi connectivity index (χ3n) is 3.53. The lowest BCUT2D eigenvalue weighted by molar-refractivity contribution is 0.340.